The second kappa shape index (κ2) is 50.9. The van der Waals surface area contributed by atoms with Crippen LogP contribution in [0.4, 0.5) is 0 Å². The molecule has 0 aromatic carbocycles. The first-order chi connectivity index (χ1) is 44.6. The Labute approximate surface area is 556 Å². The van der Waals surface area contributed by atoms with Gasteiger partial charge in [-0.05, 0) is 91.0 Å². The van der Waals surface area contributed by atoms with Crippen molar-refractivity contribution in [2.45, 2.75) is 248 Å². The summed E-state index contributed by atoms with van der Waals surface area (Å²) in [6.07, 6.45) is 30.6. The van der Waals surface area contributed by atoms with E-state index in [9.17, 15) is 91.0 Å². The highest BCUT2D eigenvalue weighted by molar-refractivity contribution is 6.03. The van der Waals surface area contributed by atoms with Crippen molar-refractivity contribution in [3.63, 3.8) is 0 Å². The zero-order valence-electron chi connectivity index (χ0n) is 55.8. The topological polar surface area (TPSA) is 411 Å². The number of nitrogens with two attached hydrogens (primary N) is 1. The Hall–Kier alpha value is -5.45. The quantitative estimate of drug-likeness (QED) is 0.0165. The number of Topliss-reactive ketones (excluding diaryl/α,β-unsaturated/α-hetero) is 2. The fourth-order valence-corrected chi connectivity index (χ4v) is 9.58. The van der Waals surface area contributed by atoms with Crippen LogP contribution in [0.25, 0.3) is 0 Å². The highest BCUT2D eigenvalue weighted by Crippen LogP contribution is 2.25. The number of allylic oxidation sites excluding steroid dienone is 18. The summed E-state index contributed by atoms with van der Waals surface area (Å²) in [6.45, 7) is 11.1. The average molecular weight is 1330 g/mol. The molecular weight excluding hydrogens is 1210 g/mol. The normalized spacial score (nSPS) is 23.3. The summed E-state index contributed by atoms with van der Waals surface area (Å²) in [5.41, 5.74) is 5.37. The van der Waals surface area contributed by atoms with E-state index in [2.05, 4.69) is 5.32 Å². The van der Waals surface area contributed by atoms with Crippen LogP contribution in [-0.4, -0.2) is 205 Å². The first-order valence-corrected chi connectivity index (χ1v) is 32.9. The predicted molar refractivity (Wildman–Crippen MR) is 363 cm³/mol. The van der Waals surface area contributed by atoms with E-state index in [1.54, 1.807) is 63.3 Å². The number of aliphatic hydroxyl groups is 15. The minimum absolute atomic E-state index is 0.0185. The first-order valence-electron chi connectivity index (χ1n) is 32.9. The smallest absolute Gasteiger partial charge is 0.248 e. The summed E-state index contributed by atoms with van der Waals surface area (Å²) in [6, 6.07) is 0. The lowest BCUT2D eigenvalue weighted by Crippen LogP contribution is -2.57. The van der Waals surface area contributed by atoms with Crippen LogP contribution < -0.4 is 11.1 Å². The van der Waals surface area contributed by atoms with Crippen LogP contribution in [0.5, 0.6) is 0 Å². The summed E-state index contributed by atoms with van der Waals surface area (Å²) >= 11 is 0. The molecule has 1 fully saturated rings. The van der Waals surface area contributed by atoms with Crippen molar-refractivity contribution in [1.29, 1.82) is 0 Å². The molecule has 22 heteroatoms. The number of ketones is 2. The number of amides is 1. The maximum atomic E-state index is 11.8. The number of rotatable bonds is 45. The van der Waals surface area contributed by atoms with Gasteiger partial charge in [0, 0.05) is 55.9 Å². The van der Waals surface area contributed by atoms with Gasteiger partial charge in [0.2, 0.25) is 5.91 Å². The SMILES string of the molecule is CC(C)C(=O)CC(O)CC(O)CC(O)/C=C/CC(O)CC(O)CC(O)CC(O)/C=C/CC(O)CC(O)CCCN.CC(C/C=C/C=C/C=C/C=C/C=C/C(O)C(C)C(O)C(C)/C=C/CC/C=C/C=C/C=C/C=C/C(=O)NC1=C(O)CCC1=O)OC1OC(C)C(O)C(O)C1O. The largest absolute Gasteiger partial charge is 0.510 e. The van der Waals surface area contributed by atoms with Crippen LogP contribution in [0.15, 0.2) is 157 Å². The summed E-state index contributed by atoms with van der Waals surface area (Å²) in [5, 5.41) is 153. The van der Waals surface area contributed by atoms with Gasteiger partial charge >= 0.3 is 0 Å². The van der Waals surface area contributed by atoms with Crippen LogP contribution in [0.2, 0.25) is 0 Å². The van der Waals surface area contributed by atoms with Crippen LogP contribution in [0.1, 0.15) is 144 Å². The molecule has 0 radical (unpaired) electrons. The minimum atomic E-state index is -1.32. The average Bonchev–Trinajstić information content (AvgIpc) is 1.02. The van der Waals surface area contributed by atoms with Crippen LogP contribution in [0, 0.1) is 17.8 Å². The lowest BCUT2D eigenvalue weighted by atomic mass is 9.88. The van der Waals surface area contributed by atoms with Crippen LogP contribution >= 0.6 is 0 Å². The van der Waals surface area contributed by atoms with Crippen molar-refractivity contribution in [3.05, 3.63) is 157 Å². The van der Waals surface area contributed by atoms with Crippen molar-refractivity contribution in [1.82, 2.24) is 5.32 Å². The number of carbonyl (C=O) groups is 3. The number of unbranched alkanes of at least 4 members (excludes halogenated alkanes) is 1. The number of aliphatic hydroxyl groups excluding tert-OH is 15. The standard InChI is InChI=1S/C43H59NO10.C29H55NO10/c1-30(24-20-16-12-8-5-6-11-15-19-23-27-37(48)44-38-35(46)28-29-36(38)47)39(49)32(3)34(45)26-22-18-14-10-7-9-13-17-21-25-31(2)53-43-42(52)41(51)40(50)33(4)54-43;1-19(2)29(40)18-28(39)17-27(38)15-23(34)9-4-8-22(33)14-26(37)16-25(36)13-21(32)7-3-6-20(31)12-24(35)10-5-11-30/h5-11,13-15,17-24,26-27,30-34,39-43,45-46,49-52H,12,16,25,28-29H2,1-4H3,(H,44,48);3-4,7,9,19-28,31-39H,5-6,8,10-18,30H2,1-2H3/b8-5+,10-7+,11-6+,13-9+,18-14+,19-15+,21-17+,24-20+,26-22+,27-23+;7-3+,9-4+. The van der Waals surface area contributed by atoms with Gasteiger partial charge in [-0.3, -0.25) is 14.4 Å². The molecule has 94 heavy (non-hydrogen) atoms. The summed E-state index contributed by atoms with van der Waals surface area (Å²) < 4.78 is 11.1. The third-order valence-corrected chi connectivity index (χ3v) is 15.3. The molecule has 1 aliphatic carbocycles. The van der Waals surface area contributed by atoms with Crippen molar-refractivity contribution in [2.24, 2.45) is 23.5 Å². The van der Waals surface area contributed by atoms with E-state index in [0.717, 1.165) is 12.8 Å². The van der Waals surface area contributed by atoms with Crippen LogP contribution in [0.3, 0.4) is 0 Å². The number of hydrogen-bond donors (Lipinski definition) is 17. The second-order valence-electron chi connectivity index (χ2n) is 24.5. The van der Waals surface area contributed by atoms with Gasteiger partial charge in [-0.25, -0.2) is 0 Å². The number of ether oxygens (including phenoxy) is 2. The second-order valence-corrected chi connectivity index (χ2v) is 24.5. The predicted octanol–water partition coefficient (Wildman–Crippen LogP) is 5.02. The molecule has 0 saturated carbocycles. The highest BCUT2D eigenvalue weighted by Gasteiger charge is 2.43. The van der Waals surface area contributed by atoms with E-state index in [0.29, 0.717) is 25.8 Å². The molecule has 0 spiro atoms. The van der Waals surface area contributed by atoms with Gasteiger partial charge in [0.05, 0.1) is 79.4 Å². The van der Waals surface area contributed by atoms with Crippen molar-refractivity contribution in [3.8, 4) is 0 Å². The van der Waals surface area contributed by atoms with Crippen molar-refractivity contribution < 1.29 is 100 Å². The Morgan fingerprint density at radius 2 is 1.06 bits per heavy atom. The lowest BCUT2D eigenvalue weighted by molar-refractivity contribution is -0.302. The fraction of sp³-hybridized carbons (Fsp3) is 0.597. The van der Waals surface area contributed by atoms with E-state index in [4.69, 9.17) is 15.2 Å². The molecule has 0 bridgehead atoms. The molecule has 19 unspecified atom stereocenters. The third-order valence-electron chi connectivity index (χ3n) is 15.3. The molecule has 22 nitrogen and oxygen atoms in total. The van der Waals surface area contributed by atoms with E-state index in [1.165, 1.54) is 24.3 Å². The zero-order valence-corrected chi connectivity index (χ0v) is 55.8. The summed E-state index contributed by atoms with van der Waals surface area (Å²) in [7, 11) is 0. The molecule has 2 aliphatic rings. The minimum Gasteiger partial charge on any atom is -0.510 e. The molecule has 1 aliphatic heterocycles. The Morgan fingerprint density at radius 3 is 1.62 bits per heavy atom. The molecule has 1 saturated heterocycles. The van der Waals surface area contributed by atoms with Gasteiger partial charge in [0.25, 0.3) is 0 Å². The lowest BCUT2D eigenvalue weighted by Gasteiger charge is -2.39. The molecule has 532 valence electrons. The van der Waals surface area contributed by atoms with E-state index in [1.807, 2.05) is 99.8 Å². The zero-order chi connectivity index (χ0) is 70.5. The van der Waals surface area contributed by atoms with Gasteiger partial charge in [-0.2, -0.15) is 0 Å². The molecule has 1 heterocycles. The third kappa shape index (κ3) is 40.8. The molecule has 0 aromatic rings. The van der Waals surface area contributed by atoms with E-state index < -0.39 is 104 Å². The van der Waals surface area contributed by atoms with E-state index >= 15 is 0 Å². The molecule has 0 aromatic heterocycles. The maximum Gasteiger partial charge on any atom is 0.248 e. The summed E-state index contributed by atoms with van der Waals surface area (Å²) in [5.74, 6) is -1.62. The number of nitrogens with one attached hydrogen (secondary N) is 1. The number of carbonyl (C=O) groups excluding carboxylic acids is 3. The molecule has 1 amide bonds. The van der Waals surface area contributed by atoms with Gasteiger partial charge in [-0.15, -0.1) is 0 Å². The highest BCUT2D eigenvalue weighted by atomic mass is 16.7. The van der Waals surface area contributed by atoms with Gasteiger partial charge in [0.1, 0.15) is 35.6 Å². The Kier molecular flexibility index (Phi) is 46.8. The van der Waals surface area contributed by atoms with Crippen LogP contribution in [-0.2, 0) is 23.9 Å². The number of hydrogen-bond acceptors (Lipinski definition) is 21. The Morgan fingerprint density at radius 1 is 0.564 bits per heavy atom. The van der Waals surface area contributed by atoms with Gasteiger partial charge in [0.15, 0.2) is 12.1 Å². The monoisotopic (exact) mass is 1330 g/mol. The van der Waals surface area contributed by atoms with Gasteiger partial charge in [-0.1, -0.05) is 167 Å². The maximum absolute atomic E-state index is 11.8. The Bertz CT molecular complexity index is 2510. The molecule has 2 rings (SSSR count). The summed E-state index contributed by atoms with van der Waals surface area (Å²) in [4.78, 5) is 35.1. The molecule has 19 atom stereocenters. The molecule has 18 N–H and O–H groups in total. The fourth-order valence-electron chi connectivity index (χ4n) is 9.58. The Balaban J connectivity index is 0.000000986. The van der Waals surface area contributed by atoms with Crippen molar-refractivity contribution in [2.75, 3.05) is 6.54 Å². The van der Waals surface area contributed by atoms with Gasteiger partial charge < -0.3 is 97.1 Å². The van der Waals surface area contributed by atoms with Crippen molar-refractivity contribution >= 4 is 17.5 Å². The van der Waals surface area contributed by atoms with E-state index in [-0.39, 0.29) is 118 Å². The first kappa shape index (κ1) is 86.6. The molecular formula is C72H114N2O20.